The van der Waals surface area contributed by atoms with E-state index >= 15 is 0 Å². The van der Waals surface area contributed by atoms with Crippen molar-refractivity contribution in [3.05, 3.63) is 52.9 Å². The van der Waals surface area contributed by atoms with E-state index in [1.807, 2.05) is 44.2 Å². The summed E-state index contributed by atoms with van der Waals surface area (Å²) >= 11 is 0. The SMILES string of the molecule is Cc1noc(C)c1CN1CCN(S(=O)(=O)CCCc2ccccc2)CC1. The van der Waals surface area contributed by atoms with Crippen molar-refractivity contribution in [3.63, 3.8) is 0 Å². The lowest BCUT2D eigenvalue weighted by Crippen LogP contribution is -2.48. The van der Waals surface area contributed by atoms with Gasteiger partial charge in [0.2, 0.25) is 10.0 Å². The highest BCUT2D eigenvalue weighted by Crippen LogP contribution is 2.17. The van der Waals surface area contributed by atoms with Crippen LogP contribution < -0.4 is 0 Å². The Bertz CT molecular complexity index is 790. The Balaban J connectivity index is 1.47. The quantitative estimate of drug-likeness (QED) is 0.741. The molecule has 1 aromatic carbocycles. The fourth-order valence-electron chi connectivity index (χ4n) is 3.35. The smallest absolute Gasteiger partial charge is 0.214 e. The summed E-state index contributed by atoms with van der Waals surface area (Å²) in [5.41, 5.74) is 3.22. The van der Waals surface area contributed by atoms with E-state index in [0.29, 0.717) is 19.5 Å². The van der Waals surface area contributed by atoms with Crippen LogP contribution in [0.15, 0.2) is 34.9 Å². The maximum absolute atomic E-state index is 12.6. The van der Waals surface area contributed by atoms with Crippen LogP contribution in [-0.2, 0) is 23.0 Å². The Morgan fingerprint density at radius 3 is 2.38 bits per heavy atom. The van der Waals surface area contributed by atoms with E-state index in [-0.39, 0.29) is 5.75 Å². The molecule has 1 fully saturated rings. The van der Waals surface area contributed by atoms with Crippen LogP contribution in [0.4, 0.5) is 0 Å². The van der Waals surface area contributed by atoms with Crippen LogP contribution in [0, 0.1) is 13.8 Å². The standard InChI is InChI=1S/C19H27N3O3S/c1-16-19(17(2)25-20-16)15-21-10-12-22(13-11-21)26(23,24)14-6-9-18-7-4-3-5-8-18/h3-5,7-8H,6,9-15H2,1-2H3. The van der Waals surface area contributed by atoms with Gasteiger partial charge in [0, 0.05) is 38.3 Å². The highest BCUT2D eigenvalue weighted by molar-refractivity contribution is 7.89. The molecule has 0 N–H and O–H groups in total. The van der Waals surface area contributed by atoms with E-state index in [1.165, 1.54) is 5.56 Å². The van der Waals surface area contributed by atoms with Crippen molar-refractivity contribution in [1.29, 1.82) is 0 Å². The molecule has 1 saturated heterocycles. The predicted molar refractivity (Wildman–Crippen MR) is 101 cm³/mol. The van der Waals surface area contributed by atoms with Gasteiger partial charge in [0.1, 0.15) is 5.76 Å². The summed E-state index contributed by atoms with van der Waals surface area (Å²) in [5, 5.41) is 3.99. The molecule has 7 heteroatoms. The fourth-order valence-corrected chi connectivity index (χ4v) is 4.84. The molecule has 0 atom stereocenters. The van der Waals surface area contributed by atoms with E-state index in [9.17, 15) is 8.42 Å². The molecule has 0 amide bonds. The Labute approximate surface area is 155 Å². The van der Waals surface area contributed by atoms with Crippen molar-refractivity contribution < 1.29 is 12.9 Å². The number of benzene rings is 1. The average Bonchev–Trinajstić information content (AvgIpc) is 2.95. The monoisotopic (exact) mass is 377 g/mol. The van der Waals surface area contributed by atoms with Crippen LogP contribution in [0.5, 0.6) is 0 Å². The largest absolute Gasteiger partial charge is 0.361 e. The molecule has 1 aliphatic rings. The first kappa shape index (κ1) is 19.1. The Hall–Kier alpha value is -1.70. The van der Waals surface area contributed by atoms with E-state index in [1.54, 1.807) is 4.31 Å². The first-order valence-electron chi connectivity index (χ1n) is 9.11. The minimum atomic E-state index is -3.18. The molecule has 0 radical (unpaired) electrons. The molecule has 0 spiro atoms. The molecule has 2 aromatic rings. The van der Waals surface area contributed by atoms with Crippen LogP contribution in [0.3, 0.4) is 0 Å². The number of aryl methyl sites for hydroxylation is 3. The van der Waals surface area contributed by atoms with Crippen molar-refractivity contribution in [1.82, 2.24) is 14.4 Å². The van der Waals surface area contributed by atoms with E-state index in [2.05, 4.69) is 10.1 Å². The molecule has 1 aliphatic heterocycles. The minimum Gasteiger partial charge on any atom is -0.361 e. The lowest BCUT2D eigenvalue weighted by Gasteiger charge is -2.33. The average molecular weight is 378 g/mol. The van der Waals surface area contributed by atoms with E-state index in [4.69, 9.17) is 4.52 Å². The number of piperazine rings is 1. The van der Waals surface area contributed by atoms with Crippen LogP contribution in [-0.4, -0.2) is 54.7 Å². The number of rotatable bonds is 7. The van der Waals surface area contributed by atoms with Crippen molar-refractivity contribution in [2.24, 2.45) is 0 Å². The zero-order valence-corrected chi connectivity index (χ0v) is 16.3. The van der Waals surface area contributed by atoms with Gasteiger partial charge in [-0.2, -0.15) is 4.31 Å². The normalized spacial score (nSPS) is 16.8. The summed E-state index contributed by atoms with van der Waals surface area (Å²) in [6, 6.07) is 10.0. The van der Waals surface area contributed by atoms with Gasteiger partial charge >= 0.3 is 0 Å². The van der Waals surface area contributed by atoms with Crippen LogP contribution in [0.1, 0.15) is 29.0 Å². The second-order valence-corrected chi connectivity index (χ2v) is 8.97. The maximum atomic E-state index is 12.6. The third-order valence-corrected chi connectivity index (χ3v) is 6.95. The van der Waals surface area contributed by atoms with Crippen molar-refractivity contribution in [3.8, 4) is 0 Å². The zero-order chi connectivity index (χ0) is 18.6. The topological polar surface area (TPSA) is 66.7 Å². The van der Waals surface area contributed by atoms with Crippen LogP contribution in [0.2, 0.25) is 0 Å². The van der Waals surface area contributed by atoms with Gasteiger partial charge in [-0.1, -0.05) is 35.5 Å². The molecule has 26 heavy (non-hydrogen) atoms. The second kappa shape index (κ2) is 8.33. The van der Waals surface area contributed by atoms with Gasteiger partial charge < -0.3 is 4.52 Å². The summed E-state index contributed by atoms with van der Waals surface area (Å²) < 4.78 is 32.0. The van der Waals surface area contributed by atoms with Crippen molar-refractivity contribution in [2.75, 3.05) is 31.9 Å². The maximum Gasteiger partial charge on any atom is 0.214 e. The summed E-state index contributed by atoms with van der Waals surface area (Å²) in [4.78, 5) is 2.27. The Morgan fingerprint density at radius 1 is 1.08 bits per heavy atom. The molecule has 0 aliphatic carbocycles. The highest BCUT2D eigenvalue weighted by Gasteiger charge is 2.27. The van der Waals surface area contributed by atoms with Gasteiger partial charge in [0.25, 0.3) is 0 Å². The minimum absolute atomic E-state index is 0.214. The van der Waals surface area contributed by atoms with Gasteiger partial charge in [0.05, 0.1) is 11.4 Å². The summed E-state index contributed by atoms with van der Waals surface area (Å²) in [7, 11) is -3.18. The number of hydrogen-bond acceptors (Lipinski definition) is 5. The first-order chi connectivity index (χ1) is 12.5. The van der Waals surface area contributed by atoms with Crippen molar-refractivity contribution >= 4 is 10.0 Å². The highest BCUT2D eigenvalue weighted by atomic mass is 32.2. The Kier molecular flexibility index (Phi) is 6.11. The first-order valence-corrected chi connectivity index (χ1v) is 10.7. The second-order valence-electron chi connectivity index (χ2n) is 6.88. The predicted octanol–water partition coefficient (Wildman–Crippen LogP) is 2.37. The molecular weight excluding hydrogens is 350 g/mol. The third-order valence-electron chi connectivity index (χ3n) is 5.00. The zero-order valence-electron chi connectivity index (χ0n) is 15.5. The third kappa shape index (κ3) is 4.72. The summed E-state index contributed by atoms with van der Waals surface area (Å²) in [6.07, 6.45) is 1.46. The van der Waals surface area contributed by atoms with E-state index in [0.717, 1.165) is 43.1 Å². The molecule has 6 nitrogen and oxygen atoms in total. The van der Waals surface area contributed by atoms with Gasteiger partial charge in [0.15, 0.2) is 0 Å². The van der Waals surface area contributed by atoms with E-state index < -0.39 is 10.0 Å². The summed E-state index contributed by atoms with van der Waals surface area (Å²) in [6.45, 7) is 7.21. The van der Waals surface area contributed by atoms with Gasteiger partial charge in [-0.25, -0.2) is 8.42 Å². The lowest BCUT2D eigenvalue weighted by atomic mass is 10.1. The van der Waals surface area contributed by atoms with Gasteiger partial charge in [-0.05, 0) is 32.3 Å². The number of hydrogen-bond donors (Lipinski definition) is 0. The molecule has 142 valence electrons. The van der Waals surface area contributed by atoms with Crippen molar-refractivity contribution in [2.45, 2.75) is 33.2 Å². The van der Waals surface area contributed by atoms with Crippen LogP contribution in [0.25, 0.3) is 0 Å². The molecule has 0 bridgehead atoms. The number of aromatic nitrogens is 1. The molecular formula is C19H27N3O3S. The molecule has 0 saturated carbocycles. The van der Waals surface area contributed by atoms with Gasteiger partial charge in [-0.15, -0.1) is 0 Å². The van der Waals surface area contributed by atoms with Crippen LogP contribution >= 0.6 is 0 Å². The molecule has 0 unspecified atom stereocenters. The number of sulfonamides is 1. The fraction of sp³-hybridized carbons (Fsp3) is 0.526. The number of nitrogens with zero attached hydrogens (tertiary/aromatic N) is 3. The molecule has 2 heterocycles. The Morgan fingerprint density at radius 2 is 1.77 bits per heavy atom. The molecule has 1 aromatic heterocycles. The lowest BCUT2D eigenvalue weighted by molar-refractivity contribution is 0.180. The molecule has 3 rings (SSSR count). The summed E-state index contributed by atoms with van der Waals surface area (Å²) in [5.74, 6) is 1.06. The van der Waals surface area contributed by atoms with Gasteiger partial charge in [-0.3, -0.25) is 4.90 Å².